The van der Waals surface area contributed by atoms with Crippen LogP contribution in [0.3, 0.4) is 0 Å². The van der Waals surface area contributed by atoms with Gasteiger partial charge < -0.3 is 72.4 Å². The summed E-state index contributed by atoms with van der Waals surface area (Å²) in [5, 5.41) is 7.02. The van der Waals surface area contributed by atoms with Crippen LogP contribution in [0, 0.1) is 0 Å². The summed E-state index contributed by atoms with van der Waals surface area (Å²) in [6.45, 7) is 17.8. The van der Waals surface area contributed by atoms with Gasteiger partial charge in [0.05, 0.1) is 142 Å². The monoisotopic (exact) mass is 992 g/mol. The highest BCUT2D eigenvalue weighted by atomic mass is 35.5. The van der Waals surface area contributed by atoms with Gasteiger partial charge in [0, 0.05) is 63.6 Å². The summed E-state index contributed by atoms with van der Waals surface area (Å²) in [4.78, 5) is 50.7. The summed E-state index contributed by atoms with van der Waals surface area (Å²) in [6, 6.07) is 7.53. The van der Waals surface area contributed by atoms with Gasteiger partial charge in [-0.3, -0.25) is 14.6 Å². The average Bonchev–Trinajstić information content (AvgIpc) is 3.77. The number of hydrogen-bond acceptors (Lipinski definition) is 17. The van der Waals surface area contributed by atoms with Gasteiger partial charge in [-0.2, -0.15) is 0 Å². The van der Waals surface area contributed by atoms with Crippen molar-refractivity contribution in [1.29, 1.82) is 0 Å². The predicted molar refractivity (Wildman–Crippen MR) is 258 cm³/mol. The van der Waals surface area contributed by atoms with Gasteiger partial charge in [-0.05, 0) is 63.4 Å². The topological polar surface area (TPSA) is 205 Å². The smallest absolute Gasteiger partial charge is 0.410 e. The molecule has 1 fully saturated rings. The number of unbranched alkanes of at least 4 members (excludes halogenated alkanes) is 1. The van der Waals surface area contributed by atoms with E-state index in [-0.39, 0.29) is 31.5 Å². The maximum Gasteiger partial charge on any atom is 0.410 e. The molecule has 0 radical (unpaired) electrons. The zero-order valence-electron chi connectivity index (χ0n) is 41.0. The molecule has 2 amide bonds. The molecule has 0 unspecified atom stereocenters. The summed E-state index contributed by atoms with van der Waals surface area (Å²) in [5.74, 6) is 0.448. The molecule has 0 bridgehead atoms. The first-order valence-electron chi connectivity index (χ1n) is 24.0. The number of carbonyl (C=O) groups excluding carboxylic acids is 3. The van der Waals surface area contributed by atoms with E-state index in [0.717, 1.165) is 60.6 Å². The minimum atomic E-state index is -0.848. The molecule has 20 nitrogen and oxygen atoms in total. The Kier molecular flexibility index (Phi) is 24.8. The Balaban J connectivity index is 0.820. The number of likely N-dealkylation sites (tertiary alicyclic amines) is 1. The maximum absolute atomic E-state index is 14.2. The highest BCUT2D eigenvalue weighted by Gasteiger charge is 2.60. The van der Waals surface area contributed by atoms with Gasteiger partial charge in [0.2, 0.25) is 5.91 Å². The molecule has 0 aliphatic carbocycles. The molecule has 2 aliphatic rings. The lowest BCUT2D eigenvalue weighted by Gasteiger charge is -2.46. The summed E-state index contributed by atoms with van der Waals surface area (Å²) in [5.41, 5.74) is 1.80. The van der Waals surface area contributed by atoms with E-state index >= 15 is 0 Å². The number of amides is 2. The van der Waals surface area contributed by atoms with E-state index in [1.54, 1.807) is 22.2 Å². The molecule has 2 N–H and O–H groups in total. The number of nitrogens with one attached hydrogen (secondary N) is 2. The third kappa shape index (κ3) is 18.9. The van der Waals surface area contributed by atoms with Gasteiger partial charge in [0.25, 0.3) is 0 Å². The van der Waals surface area contributed by atoms with Gasteiger partial charge in [0.15, 0.2) is 0 Å². The second-order valence-electron chi connectivity index (χ2n) is 17.4. The number of pyridine rings is 1. The fourth-order valence-electron chi connectivity index (χ4n) is 7.66. The van der Waals surface area contributed by atoms with Crippen LogP contribution in [0.5, 0.6) is 0 Å². The average molecular weight is 993 g/mol. The lowest BCUT2D eigenvalue weighted by molar-refractivity contribution is -0.140. The fraction of sp³-hybridized carbons (Fsp3) is 0.688. The van der Waals surface area contributed by atoms with Gasteiger partial charge in [0.1, 0.15) is 16.8 Å². The molecule has 2 aromatic heterocycles. The molecular formula is C48H74ClN7O13. The summed E-state index contributed by atoms with van der Waals surface area (Å²) in [7, 11) is 1.39. The molecule has 386 valence electrons. The van der Waals surface area contributed by atoms with Crippen molar-refractivity contribution in [2.24, 2.45) is 0 Å². The van der Waals surface area contributed by atoms with E-state index < -0.39 is 17.1 Å². The van der Waals surface area contributed by atoms with Crippen LogP contribution in [-0.4, -0.2) is 195 Å². The van der Waals surface area contributed by atoms with Crippen molar-refractivity contribution in [2.75, 3.05) is 157 Å². The molecule has 1 saturated heterocycles. The second-order valence-corrected chi connectivity index (χ2v) is 17.9. The zero-order chi connectivity index (χ0) is 49.2. The van der Waals surface area contributed by atoms with Crippen LogP contribution in [0.25, 0.3) is 11.0 Å². The summed E-state index contributed by atoms with van der Waals surface area (Å²) in [6.07, 6.45) is 5.00. The Labute approximate surface area is 411 Å². The fourth-order valence-corrected chi connectivity index (χ4v) is 7.82. The number of imidazole rings is 1. The van der Waals surface area contributed by atoms with Gasteiger partial charge in [-0.1, -0.05) is 11.6 Å². The molecule has 0 atom stereocenters. The van der Waals surface area contributed by atoms with Crippen LogP contribution in [0.4, 0.5) is 10.5 Å². The third-order valence-corrected chi connectivity index (χ3v) is 11.3. The van der Waals surface area contributed by atoms with Crippen molar-refractivity contribution in [1.82, 2.24) is 30.1 Å². The molecule has 1 spiro atoms. The standard InChI is InChI=1S/C48H74ClN7O13/c1-47(2,3)69-46(59)54-36-48(37-54)39-9-11-52-34-42(39)56(45(48)58)35-43-53-40-33-38(49)7-8-41(40)55(43)16-5-6-17-61-19-21-63-23-25-65-27-29-67-31-32-68-30-28-66-26-24-64-22-20-62-18-15-51-14-13-50-12-10-44(57)60-4/h7-9,11,33-34,50-51H,5-6,10,12-32,35-37H2,1-4H3. The maximum atomic E-state index is 14.2. The van der Waals surface area contributed by atoms with Crippen LogP contribution in [-0.2, 0) is 75.5 Å². The largest absolute Gasteiger partial charge is 0.469 e. The quantitative estimate of drug-likeness (QED) is 0.0623. The molecule has 3 aromatic rings. The lowest BCUT2D eigenvalue weighted by atomic mass is 9.75. The molecule has 5 rings (SSSR count). The van der Waals surface area contributed by atoms with E-state index in [0.29, 0.717) is 130 Å². The van der Waals surface area contributed by atoms with Crippen molar-refractivity contribution >= 4 is 46.3 Å². The summed E-state index contributed by atoms with van der Waals surface area (Å²) < 4.78 is 57.1. The minimum absolute atomic E-state index is 0.0785. The Bertz CT molecular complexity index is 1980. The third-order valence-electron chi connectivity index (χ3n) is 11.1. The summed E-state index contributed by atoms with van der Waals surface area (Å²) >= 11 is 6.36. The van der Waals surface area contributed by atoms with E-state index in [9.17, 15) is 14.4 Å². The van der Waals surface area contributed by atoms with Gasteiger partial charge in [-0.25, -0.2) is 9.78 Å². The van der Waals surface area contributed by atoms with E-state index in [2.05, 4.69) is 24.9 Å². The number of nitrogens with zero attached hydrogens (tertiary/aromatic N) is 5. The molecule has 21 heteroatoms. The Morgan fingerprint density at radius 2 is 1.28 bits per heavy atom. The number of rotatable bonds is 37. The van der Waals surface area contributed by atoms with Crippen LogP contribution in [0.1, 0.15) is 51.4 Å². The minimum Gasteiger partial charge on any atom is -0.469 e. The first kappa shape index (κ1) is 55.9. The van der Waals surface area contributed by atoms with E-state index in [1.165, 1.54) is 7.11 Å². The van der Waals surface area contributed by atoms with Crippen molar-refractivity contribution in [2.45, 2.75) is 64.1 Å². The first-order chi connectivity index (χ1) is 33.5. The number of carbonyl (C=O) groups is 3. The number of anilines is 1. The number of ether oxygens (including phenoxy) is 10. The number of methoxy groups -OCH3 is 1. The molecule has 2 aliphatic heterocycles. The van der Waals surface area contributed by atoms with Gasteiger partial charge in [-0.15, -0.1) is 0 Å². The highest BCUT2D eigenvalue weighted by molar-refractivity contribution is 6.31. The number of benzene rings is 1. The lowest BCUT2D eigenvalue weighted by Crippen LogP contribution is -2.65. The van der Waals surface area contributed by atoms with Crippen LogP contribution < -0.4 is 15.5 Å². The predicted octanol–water partition coefficient (Wildman–Crippen LogP) is 3.78. The highest BCUT2D eigenvalue weighted by Crippen LogP contribution is 2.48. The molecule has 69 heavy (non-hydrogen) atoms. The molecule has 0 saturated carbocycles. The number of fused-ring (bicyclic) bond motifs is 3. The number of aryl methyl sites for hydroxylation is 1. The number of hydrogen-bond donors (Lipinski definition) is 2. The Morgan fingerprint density at radius 1 is 0.725 bits per heavy atom. The second kappa shape index (κ2) is 30.6. The Morgan fingerprint density at radius 3 is 1.84 bits per heavy atom. The number of halogens is 1. The van der Waals surface area contributed by atoms with Crippen LogP contribution in [0.15, 0.2) is 36.7 Å². The van der Waals surface area contributed by atoms with E-state index in [1.807, 2.05) is 45.0 Å². The van der Waals surface area contributed by atoms with Crippen molar-refractivity contribution in [3.63, 3.8) is 0 Å². The van der Waals surface area contributed by atoms with Gasteiger partial charge >= 0.3 is 12.1 Å². The van der Waals surface area contributed by atoms with Crippen molar-refractivity contribution in [3.05, 3.63) is 53.1 Å². The Hall–Kier alpha value is -4.06. The SMILES string of the molecule is COC(=O)CCNCCNCCOCCOCCOCCOCCOCCOCCOCCOCCCCn1c(CN2C(=O)C3(CN(C(=O)OC(C)(C)C)C3)c3ccncc32)nc2cc(Cl)ccc21. The number of esters is 1. The molecular weight excluding hydrogens is 918 g/mol. The van der Waals surface area contributed by atoms with Crippen molar-refractivity contribution in [3.8, 4) is 0 Å². The first-order valence-corrected chi connectivity index (χ1v) is 24.4. The van der Waals surface area contributed by atoms with Crippen LogP contribution >= 0.6 is 11.6 Å². The zero-order valence-corrected chi connectivity index (χ0v) is 41.7. The van der Waals surface area contributed by atoms with Crippen molar-refractivity contribution < 1.29 is 61.8 Å². The molecule has 4 heterocycles. The number of aromatic nitrogens is 3. The molecule has 1 aromatic carbocycles. The van der Waals surface area contributed by atoms with E-state index in [4.69, 9.17) is 59.2 Å². The normalized spacial score (nSPS) is 14.2. The van der Waals surface area contributed by atoms with Crippen LogP contribution in [0.2, 0.25) is 5.02 Å².